The maximum atomic E-state index is 12.0. The fraction of sp³-hybridized carbons (Fsp3) is 0.375. The number of benzene rings is 2. The number of aliphatic carboxylic acids is 1. The number of carboxylic acids is 1. The molecule has 0 aromatic heterocycles. The van der Waals surface area contributed by atoms with Crippen molar-refractivity contribution in [2.45, 2.75) is 38.5 Å². The first kappa shape index (κ1) is 28.1. The number of hydrogen-bond acceptors (Lipinski definition) is 5. The molecule has 2 aromatic rings. The second-order valence-corrected chi connectivity index (χ2v) is 8.45. The molecule has 2 atom stereocenters. The molecule has 190 valence electrons. The highest BCUT2D eigenvalue weighted by atomic mass is 35.5. The summed E-state index contributed by atoms with van der Waals surface area (Å²) in [6, 6.07) is 12.5. The van der Waals surface area contributed by atoms with Gasteiger partial charge in [0.1, 0.15) is 17.6 Å². The van der Waals surface area contributed by atoms with E-state index in [9.17, 15) is 9.90 Å². The number of nitrogens with one attached hydrogen (secondary N) is 2. The van der Waals surface area contributed by atoms with Crippen molar-refractivity contribution in [2.75, 3.05) is 19.6 Å². The van der Waals surface area contributed by atoms with Gasteiger partial charge < -0.3 is 30.1 Å². The average molecular weight is 524 g/mol. The van der Waals surface area contributed by atoms with E-state index in [2.05, 4.69) is 0 Å². The topological polar surface area (TPSA) is 136 Å². The minimum absolute atomic E-state index is 0. The Labute approximate surface area is 217 Å². The van der Waals surface area contributed by atoms with E-state index in [0.29, 0.717) is 42.5 Å². The summed E-state index contributed by atoms with van der Waals surface area (Å²) in [5, 5.41) is 25.2. The smallest absolute Gasteiger partial charge is 0.349 e. The molecular formula is C24H31Cl2N5O4. The third kappa shape index (κ3) is 6.70. The Bertz CT molecular complexity index is 1070. The number of rotatable bonds is 6. The Morgan fingerprint density at radius 3 is 2.34 bits per heavy atom. The zero-order valence-corrected chi connectivity index (χ0v) is 21.0. The number of hydrogen-bond donors (Lipinski definition) is 4. The van der Waals surface area contributed by atoms with Crippen molar-refractivity contribution in [3.05, 3.63) is 59.2 Å². The molecule has 2 aromatic carbocycles. The number of likely N-dealkylation sites (tertiary alicyclic amines) is 1. The van der Waals surface area contributed by atoms with Crippen LogP contribution in [-0.4, -0.2) is 58.4 Å². The van der Waals surface area contributed by atoms with Crippen LogP contribution in [0.15, 0.2) is 42.5 Å². The number of fused-ring (bicyclic) bond motifs is 1. The van der Waals surface area contributed by atoms with Crippen molar-refractivity contribution < 1.29 is 19.4 Å². The summed E-state index contributed by atoms with van der Waals surface area (Å²) in [6.45, 7) is 4.44. The summed E-state index contributed by atoms with van der Waals surface area (Å²) >= 11 is 0. The molecular weight excluding hydrogens is 493 g/mol. The van der Waals surface area contributed by atoms with Gasteiger partial charge in [0.15, 0.2) is 5.96 Å². The van der Waals surface area contributed by atoms with Gasteiger partial charge >= 0.3 is 5.97 Å². The highest BCUT2D eigenvalue weighted by Crippen LogP contribution is 2.29. The van der Waals surface area contributed by atoms with E-state index in [1.54, 1.807) is 42.2 Å². The van der Waals surface area contributed by atoms with E-state index in [1.165, 1.54) is 0 Å². The second kappa shape index (κ2) is 12.0. The lowest BCUT2D eigenvalue weighted by Gasteiger charge is -2.29. The van der Waals surface area contributed by atoms with Crippen LogP contribution in [0.3, 0.4) is 0 Å². The first-order valence-corrected chi connectivity index (χ1v) is 11.0. The standard InChI is InChI=1S/C24H29N5O4.2ClH/c1-15(25)28-11-9-21(14-28)32-19-5-3-17(4-6-19)22(23(30)31)33-20-7-2-16-8-10-29(24(26)27)13-18(16)12-20;;/h2-7,12,21-22,25H,8-11,13-14H2,1H3,(H3,26,27)(H,30,31);2*1H/t21-,22?;;/m0../s1. The van der Waals surface area contributed by atoms with Crippen LogP contribution in [0.25, 0.3) is 0 Å². The summed E-state index contributed by atoms with van der Waals surface area (Å²) < 4.78 is 11.9. The molecule has 1 unspecified atom stereocenters. The number of carbonyl (C=O) groups is 1. The molecule has 2 heterocycles. The first-order chi connectivity index (χ1) is 15.8. The van der Waals surface area contributed by atoms with Crippen LogP contribution in [0.4, 0.5) is 0 Å². The van der Waals surface area contributed by atoms with E-state index >= 15 is 0 Å². The van der Waals surface area contributed by atoms with Gasteiger partial charge in [-0.3, -0.25) is 10.8 Å². The first-order valence-electron chi connectivity index (χ1n) is 11.0. The minimum atomic E-state index is -1.16. The Kier molecular flexibility index (Phi) is 9.62. The van der Waals surface area contributed by atoms with Crippen molar-refractivity contribution in [1.82, 2.24) is 9.80 Å². The van der Waals surface area contributed by atoms with E-state index < -0.39 is 12.1 Å². The lowest BCUT2D eigenvalue weighted by molar-refractivity contribution is -0.145. The number of carboxylic acid groups (broad SMARTS) is 1. The van der Waals surface area contributed by atoms with Gasteiger partial charge in [-0.2, -0.15) is 0 Å². The maximum Gasteiger partial charge on any atom is 0.349 e. The largest absolute Gasteiger partial charge is 0.489 e. The van der Waals surface area contributed by atoms with Gasteiger partial charge in [0.05, 0.1) is 12.4 Å². The van der Waals surface area contributed by atoms with Gasteiger partial charge in [-0.1, -0.05) is 18.2 Å². The maximum absolute atomic E-state index is 12.0. The van der Waals surface area contributed by atoms with Crippen LogP contribution in [0.1, 0.15) is 36.1 Å². The average Bonchev–Trinajstić information content (AvgIpc) is 3.26. The molecule has 5 N–H and O–H groups in total. The molecule has 0 saturated carbocycles. The molecule has 0 aliphatic carbocycles. The lowest BCUT2D eigenvalue weighted by Crippen LogP contribution is -2.40. The van der Waals surface area contributed by atoms with Gasteiger partial charge in [-0.15, -0.1) is 24.8 Å². The number of ether oxygens (including phenoxy) is 2. The van der Waals surface area contributed by atoms with Gasteiger partial charge in [-0.05, 0) is 48.7 Å². The third-order valence-corrected chi connectivity index (χ3v) is 6.11. The summed E-state index contributed by atoms with van der Waals surface area (Å²) in [5.41, 5.74) is 8.26. The highest BCUT2D eigenvalue weighted by Gasteiger charge is 2.26. The van der Waals surface area contributed by atoms with Crippen molar-refractivity contribution in [3.63, 3.8) is 0 Å². The SMILES string of the molecule is CC(=N)N1CC[C@H](Oc2ccc(C(Oc3ccc4c(c3)CN(C(=N)N)CC4)C(=O)O)cc2)C1.Cl.Cl. The van der Waals surface area contributed by atoms with Crippen LogP contribution in [0.2, 0.25) is 0 Å². The van der Waals surface area contributed by atoms with Gasteiger partial charge in [0.2, 0.25) is 6.10 Å². The molecule has 0 amide bonds. The van der Waals surface area contributed by atoms with E-state index in [4.69, 9.17) is 26.0 Å². The predicted octanol–water partition coefficient (Wildman–Crippen LogP) is 3.44. The molecule has 2 aliphatic rings. The fourth-order valence-corrected chi connectivity index (χ4v) is 4.25. The molecule has 0 spiro atoms. The van der Waals surface area contributed by atoms with Crippen LogP contribution >= 0.6 is 24.8 Å². The van der Waals surface area contributed by atoms with Crippen molar-refractivity contribution in [3.8, 4) is 11.5 Å². The van der Waals surface area contributed by atoms with Crippen LogP contribution < -0.4 is 15.2 Å². The molecule has 1 fully saturated rings. The summed E-state index contributed by atoms with van der Waals surface area (Å²) in [5.74, 6) is 0.597. The van der Waals surface area contributed by atoms with Gasteiger partial charge in [0, 0.05) is 31.6 Å². The minimum Gasteiger partial charge on any atom is -0.489 e. The third-order valence-electron chi connectivity index (χ3n) is 6.11. The van der Waals surface area contributed by atoms with Crippen molar-refractivity contribution in [1.29, 1.82) is 10.8 Å². The zero-order chi connectivity index (χ0) is 23.5. The van der Waals surface area contributed by atoms with E-state index in [1.807, 2.05) is 17.0 Å². The van der Waals surface area contributed by atoms with Crippen LogP contribution in [0.5, 0.6) is 11.5 Å². The molecule has 4 rings (SSSR count). The quantitative estimate of drug-likeness (QED) is 0.336. The van der Waals surface area contributed by atoms with Crippen LogP contribution in [0, 0.1) is 10.8 Å². The molecule has 11 heteroatoms. The molecule has 0 bridgehead atoms. The Hall–Kier alpha value is -3.17. The molecule has 35 heavy (non-hydrogen) atoms. The number of guanidine groups is 1. The van der Waals surface area contributed by atoms with Crippen molar-refractivity contribution in [2.24, 2.45) is 5.73 Å². The Morgan fingerprint density at radius 1 is 1.06 bits per heavy atom. The Balaban J connectivity index is 0.00000216. The summed E-state index contributed by atoms with van der Waals surface area (Å²) in [6.07, 6.45) is 0.468. The number of amidine groups is 1. The van der Waals surface area contributed by atoms with Gasteiger partial charge in [-0.25, -0.2) is 4.79 Å². The predicted molar refractivity (Wildman–Crippen MR) is 138 cm³/mol. The zero-order valence-electron chi connectivity index (χ0n) is 19.4. The fourth-order valence-electron chi connectivity index (χ4n) is 4.25. The summed E-state index contributed by atoms with van der Waals surface area (Å²) in [4.78, 5) is 15.7. The molecule has 9 nitrogen and oxygen atoms in total. The highest BCUT2D eigenvalue weighted by molar-refractivity contribution is 5.85. The number of halogens is 2. The summed E-state index contributed by atoms with van der Waals surface area (Å²) in [7, 11) is 0. The monoisotopic (exact) mass is 523 g/mol. The Morgan fingerprint density at radius 2 is 1.74 bits per heavy atom. The lowest BCUT2D eigenvalue weighted by atomic mass is 9.99. The molecule has 1 saturated heterocycles. The normalized spacial score (nSPS) is 17.3. The van der Waals surface area contributed by atoms with E-state index in [0.717, 1.165) is 30.5 Å². The number of nitrogens with zero attached hydrogens (tertiary/aromatic N) is 2. The molecule has 2 aliphatic heterocycles. The molecule has 0 radical (unpaired) electrons. The van der Waals surface area contributed by atoms with E-state index in [-0.39, 0.29) is 36.9 Å². The second-order valence-electron chi connectivity index (χ2n) is 8.45. The van der Waals surface area contributed by atoms with Gasteiger partial charge in [0.25, 0.3) is 0 Å². The number of nitrogens with two attached hydrogens (primary N) is 1. The van der Waals surface area contributed by atoms with Crippen LogP contribution in [-0.2, 0) is 17.8 Å². The van der Waals surface area contributed by atoms with Crippen molar-refractivity contribution >= 4 is 42.6 Å².